The monoisotopic (exact) mass is 340 g/mol. The lowest BCUT2D eigenvalue weighted by Gasteiger charge is -2.27. The average molecular weight is 340 g/mol. The van der Waals surface area contributed by atoms with Crippen LogP contribution in [0.1, 0.15) is 31.4 Å². The summed E-state index contributed by atoms with van der Waals surface area (Å²) in [5.41, 5.74) is 3.23. The van der Waals surface area contributed by atoms with Crippen molar-refractivity contribution >= 4 is 11.6 Å². The molecule has 0 saturated carbocycles. The quantitative estimate of drug-likeness (QED) is 0.781. The first-order chi connectivity index (χ1) is 12.0. The van der Waals surface area contributed by atoms with Crippen LogP contribution in [0.25, 0.3) is 0 Å². The molecule has 1 amide bonds. The third-order valence-electron chi connectivity index (χ3n) is 4.15. The summed E-state index contributed by atoms with van der Waals surface area (Å²) in [4.78, 5) is 14.6. The molecule has 0 bridgehead atoms. The van der Waals surface area contributed by atoms with Crippen molar-refractivity contribution in [1.29, 1.82) is 0 Å². The van der Waals surface area contributed by atoms with Gasteiger partial charge in [-0.2, -0.15) is 0 Å². The Hall–Kier alpha value is -2.49. The minimum Gasteiger partial charge on any atom is -0.495 e. The first-order valence-corrected chi connectivity index (χ1v) is 8.73. The Balaban J connectivity index is 1.94. The topological polar surface area (TPSA) is 41.6 Å². The smallest absolute Gasteiger partial charge is 0.224 e. The second kappa shape index (κ2) is 9.11. The fourth-order valence-corrected chi connectivity index (χ4v) is 2.75. The number of nitrogens with zero attached hydrogens (tertiary/aromatic N) is 1. The van der Waals surface area contributed by atoms with E-state index in [2.05, 4.69) is 31.3 Å². The number of hydrogen-bond donors (Lipinski definition) is 1. The van der Waals surface area contributed by atoms with Crippen LogP contribution in [0.2, 0.25) is 0 Å². The van der Waals surface area contributed by atoms with Crippen LogP contribution >= 0.6 is 0 Å². The molecule has 4 nitrogen and oxygen atoms in total. The summed E-state index contributed by atoms with van der Waals surface area (Å²) in [6, 6.07) is 16.3. The van der Waals surface area contributed by atoms with E-state index in [1.807, 2.05) is 48.2 Å². The molecular formula is C21H28N2O2. The highest BCUT2D eigenvalue weighted by molar-refractivity contribution is 5.77. The second-order valence-corrected chi connectivity index (χ2v) is 6.48. The highest BCUT2D eigenvalue weighted by Crippen LogP contribution is 2.25. The van der Waals surface area contributed by atoms with Gasteiger partial charge in [-0.15, -0.1) is 0 Å². The summed E-state index contributed by atoms with van der Waals surface area (Å²) in [7, 11) is 1.65. The molecule has 1 N–H and O–H groups in total. The Kier molecular flexibility index (Phi) is 6.87. The molecule has 0 aromatic heterocycles. The average Bonchev–Trinajstić information content (AvgIpc) is 2.60. The number of carbonyl (C=O) groups excluding carboxylic acids is 1. The molecule has 0 radical (unpaired) electrons. The summed E-state index contributed by atoms with van der Waals surface area (Å²) < 4.78 is 5.36. The van der Waals surface area contributed by atoms with Crippen molar-refractivity contribution < 1.29 is 9.53 Å². The molecule has 0 saturated heterocycles. The van der Waals surface area contributed by atoms with E-state index in [9.17, 15) is 4.79 Å². The number of rotatable bonds is 8. The lowest BCUT2D eigenvalue weighted by molar-refractivity contribution is -0.133. The van der Waals surface area contributed by atoms with Gasteiger partial charge in [0.05, 0.1) is 12.8 Å². The van der Waals surface area contributed by atoms with Gasteiger partial charge in [0.15, 0.2) is 0 Å². The molecule has 2 aromatic rings. The molecule has 0 aliphatic rings. The Bertz CT molecular complexity index is 684. The zero-order valence-electron chi connectivity index (χ0n) is 15.6. The number of ether oxygens (including phenoxy) is 1. The van der Waals surface area contributed by atoms with Crippen LogP contribution in [-0.4, -0.2) is 30.5 Å². The number of amides is 1. The Labute approximate surface area is 150 Å². The largest absolute Gasteiger partial charge is 0.495 e. The molecule has 134 valence electrons. The van der Waals surface area contributed by atoms with Gasteiger partial charge in [-0.05, 0) is 44.0 Å². The lowest BCUT2D eigenvalue weighted by Crippen LogP contribution is -2.37. The van der Waals surface area contributed by atoms with Crippen molar-refractivity contribution in [2.75, 3.05) is 19.0 Å². The highest BCUT2D eigenvalue weighted by atomic mass is 16.5. The zero-order chi connectivity index (χ0) is 18.2. The first-order valence-electron chi connectivity index (χ1n) is 8.73. The van der Waals surface area contributed by atoms with Crippen LogP contribution in [0.15, 0.2) is 48.5 Å². The minimum absolute atomic E-state index is 0.151. The highest BCUT2D eigenvalue weighted by Gasteiger charge is 2.17. The molecule has 0 aliphatic carbocycles. The SMILES string of the molecule is COc1ccc(C)cc1NCCC(=O)N(Cc1ccccc1)C(C)C. The van der Waals surface area contributed by atoms with Crippen LogP contribution in [0.4, 0.5) is 5.69 Å². The molecular weight excluding hydrogens is 312 g/mol. The molecule has 4 heteroatoms. The minimum atomic E-state index is 0.151. The predicted octanol–water partition coefficient (Wildman–Crippen LogP) is 4.24. The van der Waals surface area contributed by atoms with Crippen molar-refractivity contribution in [2.45, 2.75) is 39.8 Å². The van der Waals surface area contributed by atoms with E-state index in [4.69, 9.17) is 4.74 Å². The molecule has 2 rings (SSSR count). The number of methoxy groups -OCH3 is 1. The zero-order valence-corrected chi connectivity index (χ0v) is 15.6. The lowest BCUT2D eigenvalue weighted by atomic mass is 10.1. The van der Waals surface area contributed by atoms with Crippen molar-refractivity contribution in [2.24, 2.45) is 0 Å². The fourth-order valence-electron chi connectivity index (χ4n) is 2.75. The Morgan fingerprint density at radius 3 is 2.52 bits per heavy atom. The van der Waals surface area contributed by atoms with Crippen LogP contribution in [-0.2, 0) is 11.3 Å². The third-order valence-corrected chi connectivity index (χ3v) is 4.15. The summed E-state index contributed by atoms with van der Waals surface area (Å²) >= 11 is 0. The maximum atomic E-state index is 12.7. The van der Waals surface area contributed by atoms with Gasteiger partial charge in [0, 0.05) is 25.6 Å². The molecule has 0 unspecified atom stereocenters. The molecule has 2 aromatic carbocycles. The van der Waals surface area contributed by atoms with Gasteiger partial charge >= 0.3 is 0 Å². The van der Waals surface area contributed by atoms with E-state index in [1.54, 1.807) is 7.11 Å². The van der Waals surface area contributed by atoms with Gasteiger partial charge in [0.2, 0.25) is 5.91 Å². The standard InChI is InChI=1S/C21H28N2O2/c1-16(2)23(15-18-8-6-5-7-9-18)21(24)12-13-22-19-14-17(3)10-11-20(19)25-4/h5-11,14,16,22H,12-13,15H2,1-4H3. The summed E-state index contributed by atoms with van der Waals surface area (Å²) in [6.07, 6.45) is 0.447. The second-order valence-electron chi connectivity index (χ2n) is 6.48. The van der Waals surface area contributed by atoms with E-state index in [-0.39, 0.29) is 11.9 Å². The predicted molar refractivity (Wildman–Crippen MR) is 103 cm³/mol. The number of aryl methyl sites for hydroxylation is 1. The van der Waals surface area contributed by atoms with Crippen LogP contribution < -0.4 is 10.1 Å². The van der Waals surface area contributed by atoms with Crippen molar-refractivity contribution in [3.05, 3.63) is 59.7 Å². The summed E-state index contributed by atoms with van der Waals surface area (Å²) in [5, 5.41) is 3.32. The third kappa shape index (κ3) is 5.52. The Morgan fingerprint density at radius 1 is 1.16 bits per heavy atom. The van der Waals surface area contributed by atoms with Crippen LogP contribution in [0, 0.1) is 6.92 Å². The van der Waals surface area contributed by atoms with E-state index < -0.39 is 0 Å². The summed E-state index contributed by atoms with van der Waals surface area (Å²) in [6.45, 7) is 7.37. The van der Waals surface area contributed by atoms with E-state index in [1.165, 1.54) is 0 Å². The van der Waals surface area contributed by atoms with Crippen LogP contribution in [0.3, 0.4) is 0 Å². The maximum absolute atomic E-state index is 12.7. The molecule has 0 atom stereocenters. The number of hydrogen-bond acceptors (Lipinski definition) is 3. The van der Waals surface area contributed by atoms with Gasteiger partial charge in [0.1, 0.15) is 5.75 Å². The van der Waals surface area contributed by atoms with E-state index in [0.29, 0.717) is 19.5 Å². The number of nitrogens with one attached hydrogen (secondary N) is 1. The number of benzene rings is 2. The molecule has 0 spiro atoms. The van der Waals surface area contributed by atoms with Gasteiger partial charge in [0.25, 0.3) is 0 Å². The van der Waals surface area contributed by atoms with Gasteiger partial charge in [-0.1, -0.05) is 36.4 Å². The molecule has 0 fully saturated rings. The van der Waals surface area contributed by atoms with Crippen molar-refractivity contribution in [3.63, 3.8) is 0 Å². The first kappa shape index (κ1) is 18.8. The number of carbonyl (C=O) groups is 1. The van der Waals surface area contributed by atoms with Crippen molar-refractivity contribution in [3.8, 4) is 5.75 Å². The molecule has 0 heterocycles. The molecule has 25 heavy (non-hydrogen) atoms. The van der Waals surface area contributed by atoms with E-state index >= 15 is 0 Å². The normalized spacial score (nSPS) is 10.6. The van der Waals surface area contributed by atoms with E-state index in [0.717, 1.165) is 22.6 Å². The van der Waals surface area contributed by atoms with Gasteiger partial charge in [-0.25, -0.2) is 0 Å². The van der Waals surface area contributed by atoms with Crippen molar-refractivity contribution in [1.82, 2.24) is 4.90 Å². The summed E-state index contributed by atoms with van der Waals surface area (Å²) in [5.74, 6) is 0.945. The van der Waals surface area contributed by atoms with Gasteiger partial charge in [-0.3, -0.25) is 4.79 Å². The molecule has 0 aliphatic heterocycles. The Morgan fingerprint density at radius 2 is 1.88 bits per heavy atom. The van der Waals surface area contributed by atoms with Gasteiger partial charge < -0.3 is 15.0 Å². The van der Waals surface area contributed by atoms with Crippen LogP contribution in [0.5, 0.6) is 5.75 Å². The number of anilines is 1. The fraction of sp³-hybridized carbons (Fsp3) is 0.381. The maximum Gasteiger partial charge on any atom is 0.224 e.